The van der Waals surface area contributed by atoms with Crippen molar-refractivity contribution in [3.8, 4) is 0 Å². The van der Waals surface area contributed by atoms with Gasteiger partial charge in [-0.25, -0.2) is 0 Å². The number of amides is 1. The van der Waals surface area contributed by atoms with Crippen molar-refractivity contribution >= 4 is 5.91 Å². The van der Waals surface area contributed by atoms with Crippen LogP contribution in [0.25, 0.3) is 0 Å². The van der Waals surface area contributed by atoms with Crippen molar-refractivity contribution in [3.63, 3.8) is 0 Å². The number of aliphatic hydroxyl groups excluding tert-OH is 1. The number of carbonyl (C=O) groups excluding carboxylic acids is 1. The molecule has 0 spiro atoms. The van der Waals surface area contributed by atoms with E-state index in [0.717, 1.165) is 19.3 Å². The van der Waals surface area contributed by atoms with Crippen molar-refractivity contribution in [1.82, 2.24) is 5.32 Å². The van der Waals surface area contributed by atoms with Gasteiger partial charge in [0.2, 0.25) is 5.91 Å². The lowest BCUT2D eigenvalue weighted by Gasteiger charge is -2.05. The van der Waals surface area contributed by atoms with Gasteiger partial charge in [0.15, 0.2) is 0 Å². The van der Waals surface area contributed by atoms with Gasteiger partial charge in [0, 0.05) is 19.4 Å². The van der Waals surface area contributed by atoms with Crippen LogP contribution in [0.4, 0.5) is 0 Å². The first kappa shape index (κ1) is 17.0. The molecule has 1 amide bonds. The van der Waals surface area contributed by atoms with E-state index in [0.29, 0.717) is 19.4 Å². The minimum Gasteiger partial charge on any atom is -0.513 e. The second kappa shape index (κ2) is 12.5. The van der Waals surface area contributed by atoms with E-state index in [1.54, 1.807) is 0 Å². The lowest BCUT2D eigenvalue weighted by molar-refractivity contribution is -0.121. The minimum atomic E-state index is 0.132. The van der Waals surface area contributed by atoms with Gasteiger partial charge in [0.1, 0.15) is 0 Å². The molecule has 0 saturated heterocycles. The highest BCUT2D eigenvalue weighted by atomic mass is 16.3. The third-order valence-corrected chi connectivity index (χ3v) is 2.97. The van der Waals surface area contributed by atoms with Gasteiger partial charge in [0.25, 0.3) is 0 Å². The molecule has 2 N–H and O–H groups in total. The van der Waals surface area contributed by atoms with E-state index in [4.69, 9.17) is 5.11 Å². The second-order valence-electron chi connectivity index (χ2n) is 4.89. The highest BCUT2D eigenvalue weighted by Crippen LogP contribution is 2.08. The molecule has 0 aliphatic rings. The number of rotatable bonds is 12. The third kappa shape index (κ3) is 13.1. The Morgan fingerprint density at radius 3 is 2.22 bits per heavy atom. The molecule has 3 heteroatoms. The molecule has 18 heavy (non-hydrogen) atoms. The van der Waals surface area contributed by atoms with Gasteiger partial charge in [-0.2, -0.15) is 0 Å². The first-order chi connectivity index (χ1) is 8.66. The molecule has 0 rings (SSSR count). The van der Waals surface area contributed by atoms with Gasteiger partial charge in [-0.05, 0) is 12.8 Å². The summed E-state index contributed by atoms with van der Waals surface area (Å²) in [6.45, 7) is 6.26. The van der Waals surface area contributed by atoms with Crippen LogP contribution < -0.4 is 5.32 Å². The number of nitrogens with one attached hydrogen (secondary N) is 1. The fraction of sp³-hybridized carbons (Fsp3) is 0.800. The van der Waals surface area contributed by atoms with E-state index in [9.17, 15) is 4.79 Å². The lowest BCUT2D eigenvalue weighted by atomic mass is 10.1. The molecule has 106 valence electrons. The van der Waals surface area contributed by atoms with E-state index in [-0.39, 0.29) is 11.7 Å². The van der Waals surface area contributed by atoms with Crippen molar-refractivity contribution in [2.45, 2.75) is 71.1 Å². The zero-order chi connectivity index (χ0) is 13.6. The van der Waals surface area contributed by atoms with Gasteiger partial charge < -0.3 is 10.4 Å². The summed E-state index contributed by atoms with van der Waals surface area (Å²) in [7, 11) is 0. The van der Waals surface area contributed by atoms with Crippen LogP contribution in [0, 0.1) is 0 Å². The zero-order valence-corrected chi connectivity index (χ0v) is 11.8. The Labute approximate surface area is 112 Å². The Kier molecular flexibility index (Phi) is 11.8. The average Bonchev–Trinajstić information content (AvgIpc) is 2.33. The van der Waals surface area contributed by atoms with Crippen molar-refractivity contribution in [1.29, 1.82) is 0 Å². The van der Waals surface area contributed by atoms with Crippen molar-refractivity contribution in [2.24, 2.45) is 0 Å². The molecule has 0 aliphatic heterocycles. The zero-order valence-electron chi connectivity index (χ0n) is 11.8. The number of hydrogen-bond acceptors (Lipinski definition) is 2. The van der Waals surface area contributed by atoms with Crippen molar-refractivity contribution in [3.05, 3.63) is 12.3 Å². The van der Waals surface area contributed by atoms with E-state index in [1.807, 2.05) is 0 Å². The topological polar surface area (TPSA) is 49.3 Å². The van der Waals surface area contributed by atoms with Crippen LogP contribution in [0.3, 0.4) is 0 Å². The molecule has 3 nitrogen and oxygen atoms in total. The summed E-state index contributed by atoms with van der Waals surface area (Å²) < 4.78 is 0. The maximum absolute atomic E-state index is 11.4. The van der Waals surface area contributed by atoms with Crippen molar-refractivity contribution in [2.75, 3.05) is 6.54 Å². The van der Waals surface area contributed by atoms with Gasteiger partial charge >= 0.3 is 0 Å². The number of allylic oxidation sites excluding steroid dienone is 1. The highest BCUT2D eigenvalue weighted by Gasteiger charge is 2.00. The fourth-order valence-electron chi connectivity index (χ4n) is 1.85. The normalized spacial score (nSPS) is 10.3. The molecule has 0 radical (unpaired) electrons. The highest BCUT2D eigenvalue weighted by molar-refractivity contribution is 5.75. The molecule has 0 heterocycles. The Morgan fingerprint density at radius 1 is 1.00 bits per heavy atom. The SMILES string of the molecule is C=C(O)CCCNC(=O)CCCCCCCCC. The standard InChI is InChI=1S/C15H29NO2/c1-3-4-5-6-7-8-9-12-15(18)16-13-10-11-14(2)17/h17H,2-13H2,1H3,(H,16,18). The summed E-state index contributed by atoms with van der Waals surface area (Å²) in [5, 5.41) is 11.7. The number of hydrogen-bond donors (Lipinski definition) is 2. The molecule has 0 aliphatic carbocycles. The van der Waals surface area contributed by atoms with Crippen LogP contribution in [-0.2, 0) is 4.79 Å². The second-order valence-corrected chi connectivity index (χ2v) is 4.89. The molecule has 0 fully saturated rings. The molecule has 0 aromatic rings. The quantitative estimate of drug-likeness (QED) is 0.407. The predicted octanol–water partition coefficient (Wildman–Crippen LogP) is 4.10. The number of aliphatic hydroxyl groups is 1. The summed E-state index contributed by atoms with van der Waals surface area (Å²) in [5.74, 6) is 0.323. The average molecular weight is 255 g/mol. The summed E-state index contributed by atoms with van der Waals surface area (Å²) in [6.07, 6.45) is 10.6. The Hall–Kier alpha value is -0.990. The van der Waals surface area contributed by atoms with E-state index in [1.165, 1.54) is 32.1 Å². The molecule has 0 atom stereocenters. The maximum atomic E-state index is 11.4. The van der Waals surface area contributed by atoms with E-state index in [2.05, 4.69) is 18.8 Å². The molecular weight excluding hydrogens is 226 g/mol. The van der Waals surface area contributed by atoms with Gasteiger partial charge in [-0.15, -0.1) is 0 Å². The summed E-state index contributed by atoms with van der Waals surface area (Å²) >= 11 is 0. The molecule has 0 aromatic carbocycles. The molecule has 0 unspecified atom stereocenters. The van der Waals surface area contributed by atoms with Crippen LogP contribution in [0.1, 0.15) is 71.1 Å². The minimum absolute atomic E-state index is 0.132. The van der Waals surface area contributed by atoms with Gasteiger partial charge in [-0.3, -0.25) is 4.79 Å². The smallest absolute Gasteiger partial charge is 0.219 e. The monoisotopic (exact) mass is 255 g/mol. The molecule has 0 saturated carbocycles. The fourth-order valence-corrected chi connectivity index (χ4v) is 1.85. The van der Waals surface area contributed by atoms with Crippen molar-refractivity contribution < 1.29 is 9.90 Å². The summed E-state index contributed by atoms with van der Waals surface area (Å²) in [5.41, 5.74) is 0. The molecule has 0 aromatic heterocycles. The first-order valence-corrected chi connectivity index (χ1v) is 7.30. The number of carbonyl (C=O) groups is 1. The van der Waals surface area contributed by atoms with Crippen LogP contribution in [0.5, 0.6) is 0 Å². The Morgan fingerprint density at radius 2 is 1.61 bits per heavy atom. The molecule has 0 bridgehead atoms. The Bertz CT molecular complexity index is 227. The Balaban J connectivity index is 3.19. The van der Waals surface area contributed by atoms with Crippen LogP contribution in [-0.4, -0.2) is 17.6 Å². The van der Waals surface area contributed by atoms with Crippen LogP contribution in [0.15, 0.2) is 12.3 Å². The van der Waals surface area contributed by atoms with Crippen LogP contribution >= 0.6 is 0 Å². The first-order valence-electron chi connectivity index (χ1n) is 7.30. The molecular formula is C15H29NO2. The number of unbranched alkanes of at least 4 members (excludes halogenated alkanes) is 6. The summed E-state index contributed by atoms with van der Waals surface area (Å²) in [6, 6.07) is 0. The van der Waals surface area contributed by atoms with E-state index < -0.39 is 0 Å². The van der Waals surface area contributed by atoms with Gasteiger partial charge in [0.05, 0.1) is 5.76 Å². The maximum Gasteiger partial charge on any atom is 0.219 e. The van der Waals surface area contributed by atoms with Crippen LogP contribution in [0.2, 0.25) is 0 Å². The van der Waals surface area contributed by atoms with E-state index >= 15 is 0 Å². The third-order valence-electron chi connectivity index (χ3n) is 2.97. The summed E-state index contributed by atoms with van der Waals surface area (Å²) in [4.78, 5) is 11.4. The predicted molar refractivity (Wildman–Crippen MR) is 76.6 cm³/mol. The van der Waals surface area contributed by atoms with Gasteiger partial charge in [-0.1, -0.05) is 52.0 Å². The lowest BCUT2D eigenvalue weighted by Crippen LogP contribution is -2.24. The largest absolute Gasteiger partial charge is 0.513 e.